The zero-order chi connectivity index (χ0) is 15.5. The second kappa shape index (κ2) is 12.0. The quantitative estimate of drug-likeness (QED) is 0.274. The van der Waals surface area contributed by atoms with Gasteiger partial charge in [-0.25, -0.2) is 0 Å². The Bertz CT molecular complexity index is 561. The van der Waals surface area contributed by atoms with Crippen molar-refractivity contribution in [2.45, 2.75) is 6.92 Å². The van der Waals surface area contributed by atoms with Crippen LogP contribution in [0.5, 0.6) is 0 Å². The minimum absolute atomic E-state index is 0. The molecule has 0 fully saturated rings. The van der Waals surface area contributed by atoms with Crippen molar-refractivity contribution in [3.8, 4) is 0 Å². The van der Waals surface area contributed by atoms with Gasteiger partial charge in [0.1, 0.15) is 5.71 Å². The molecule has 1 rings (SSSR count). The van der Waals surface area contributed by atoms with E-state index in [1.807, 2.05) is 37.3 Å². The van der Waals surface area contributed by atoms with Crippen LogP contribution in [-0.4, -0.2) is 36.0 Å². The smallest absolute Gasteiger partial charge is 0.741 e. The first-order valence-corrected chi connectivity index (χ1v) is 6.95. The second-order valence-corrected chi connectivity index (χ2v) is 4.29. The summed E-state index contributed by atoms with van der Waals surface area (Å²) in [4.78, 5) is 0. The maximum Gasteiger partial charge on any atom is 2.00 e. The average molecular weight is 385 g/mol. The van der Waals surface area contributed by atoms with Crippen molar-refractivity contribution in [2.75, 3.05) is 13.7 Å². The summed E-state index contributed by atoms with van der Waals surface area (Å²) in [6.07, 6.45) is 1.45. The van der Waals surface area contributed by atoms with Crippen molar-refractivity contribution >= 4 is 47.6 Å². The Kier molecular flexibility index (Phi) is 11.2. The third-order valence-corrected chi connectivity index (χ3v) is 2.60. The van der Waals surface area contributed by atoms with Gasteiger partial charge in [0.05, 0.1) is 18.1 Å². The Balaban J connectivity index is 0.00000441. The van der Waals surface area contributed by atoms with Crippen LogP contribution in [0.2, 0.25) is 0 Å². The standard InChI is InChI=1S/C13H17N5OS2.Cu/c1-3-19-13(21)18-15-9-11(16-17-12(20)14-2)10-7-5-4-6-8-10;/h4-9H,3H2,1-2H3,(H,18,21)(H2,14,17,20);/q;+2/p-2/b15-9+,16-11-;. The molecule has 6 nitrogen and oxygen atoms in total. The zero-order valence-electron chi connectivity index (χ0n) is 12.0. The third-order valence-electron chi connectivity index (χ3n) is 2.12. The van der Waals surface area contributed by atoms with Crippen LogP contribution in [0.25, 0.3) is 0 Å². The Morgan fingerprint density at radius 3 is 2.45 bits per heavy atom. The van der Waals surface area contributed by atoms with Crippen LogP contribution < -0.4 is 5.32 Å². The van der Waals surface area contributed by atoms with E-state index in [0.717, 1.165) is 5.56 Å². The molecule has 0 atom stereocenters. The number of nitrogens with one attached hydrogen (secondary N) is 1. The molecule has 0 unspecified atom stereocenters. The first-order valence-electron chi connectivity index (χ1n) is 6.14. The van der Waals surface area contributed by atoms with E-state index >= 15 is 0 Å². The number of amidine groups is 1. The summed E-state index contributed by atoms with van der Waals surface area (Å²) in [7, 11) is 1.67. The number of ether oxygens (including phenoxy) is 1. The third kappa shape index (κ3) is 8.04. The van der Waals surface area contributed by atoms with Gasteiger partial charge >= 0.3 is 17.1 Å². The molecule has 0 aliphatic heterocycles. The van der Waals surface area contributed by atoms with Gasteiger partial charge in [-0.15, -0.1) is 10.2 Å². The van der Waals surface area contributed by atoms with Gasteiger partial charge in [0.25, 0.3) is 0 Å². The maximum absolute atomic E-state index is 5.00. The molecule has 0 spiro atoms. The Morgan fingerprint density at radius 1 is 1.18 bits per heavy atom. The Morgan fingerprint density at radius 2 is 1.86 bits per heavy atom. The number of hydrogen-bond donors (Lipinski definition) is 1. The minimum atomic E-state index is 0. The van der Waals surface area contributed by atoms with E-state index in [1.54, 1.807) is 7.05 Å². The molecule has 1 radical (unpaired) electrons. The molecule has 0 bridgehead atoms. The van der Waals surface area contributed by atoms with Gasteiger partial charge in [-0.2, -0.15) is 10.2 Å². The fourth-order valence-corrected chi connectivity index (χ4v) is 1.41. The molecular formula is C13H15CuN5OS2. The summed E-state index contributed by atoms with van der Waals surface area (Å²) < 4.78 is 5.00. The molecule has 0 amide bonds. The number of rotatable bonds is 5. The second-order valence-electron chi connectivity index (χ2n) is 3.55. The number of nitrogens with zero attached hydrogens (tertiary/aromatic N) is 4. The van der Waals surface area contributed by atoms with Crippen LogP contribution in [-0.2, 0) is 47.1 Å². The Hall–Kier alpha value is -1.54. The summed E-state index contributed by atoms with van der Waals surface area (Å²) in [6.45, 7) is 2.27. The van der Waals surface area contributed by atoms with Gasteiger partial charge in [0.2, 0.25) is 0 Å². The summed E-state index contributed by atoms with van der Waals surface area (Å²) in [6, 6.07) is 9.43. The molecule has 9 heteroatoms. The predicted molar refractivity (Wildman–Crippen MR) is 91.8 cm³/mol. The van der Waals surface area contributed by atoms with Gasteiger partial charge < -0.3 is 35.3 Å². The SMILES string of the molecule is CCO/C([S-])=N/N=C/C(=N/N=C(\[S-])NC)c1ccccc1.[Cu+2]. The van der Waals surface area contributed by atoms with Crippen molar-refractivity contribution in [1.82, 2.24) is 5.32 Å². The minimum Gasteiger partial charge on any atom is -0.741 e. The van der Waals surface area contributed by atoms with E-state index in [4.69, 9.17) is 30.0 Å². The molecule has 22 heavy (non-hydrogen) atoms. The number of benzene rings is 1. The molecule has 1 N–H and O–H groups in total. The van der Waals surface area contributed by atoms with Crippen molar-refractivity contribution < 1.29 is 21.8 Å². The molecule has 0 aliphatic carbocycles. The van der Waals surface area contributed by atoms with E-state index in [-0.39, 0.29) is 27.5 Å². The van der Waals surface area contributed by atoms with Crippen LogP contribution in [0.1, 0.15) is 12.5 Å². The fraction of sp³-hybridized carbons (Fsp3) is 0.231. The molecule has 0 aromatic heterocycles. The van der Waals surface area contributed by atoms with Crippen LogP contribution in [0, 0.1) is 0 Å². The monoisotopic (exact) mass is 384 g/mol. The first kappa shape index (κ1) is 20.5. The maximum atomic E-state index is 5.00. The molecule has 0 aliphatic rings. The Labute approximate surface area is 151 Å². The van der Waals surface area contributed by atoms with Crippen LogP contribution in [0.4, 0.5) is 0 Å². The van der Waals surface area contributed by atoms with Gasteiger partial charge in [0, 0.05) is 12.6 Å². The molecule has 0 saturated heterocycles. The molecular weight excluding hydrogens is 370 g/mol. The first-order chi connectivity index (χ1) is 10.2. The fourth-order valence-electron chi connectivity index (χ4n) is 1.20. The van der Waals surface area contributed by atoms with E-state index in [9.17, 15) is 0 Å². The molecule has 0 heterocycles. The van der Waals surface area contributed by atoms with Crippen molar-refractivity contribution in [3.05, 3.63) is 35.9 Å². The molecule has 1 aromatic rings. The molecule has 0 saturated carbocycles. The van der Waals surface area contributed by atoms with Gasteiger partial charge in [-0.1, -0.05) is 30.3 Å². The van der Waals surface area contributed by atoms with Crippen molar-refractivity contribution in [3.63, 3.8) is 0 Å². The average Bonchev–Trinajstić information content (AvgIpc) is 2.51. The van der Waals surface area contributed by atoms with Gasteiger partial charge in [0.15, 0.2) is 0 Å². The number of hydrogen-bond acceptors (Lipinski definition) is 7. The summed E-state index contributed by atoms with van der Waals surface area (Å²) in [5.74, 6) is 0. The zero-order valence-corrected chi connectivity index (χ0v) is 14.6. The van der Waals surface area contributed by atoms with E-state index in [2.05, 4.69) is 25.7 Å². The van der Waals surface area contributed by atoms with E-state index < -0.39 is 0 Å². The molecule has 121 valence electrons. The summed E-state index contributed by atoms with van der Waals surface area (Å²) >= 11 is 9.77. The van der Waals surface area contributed by atoms with Crippen molar-refractivity contribution in [2.24, 2.45) is 20.4 Å². The summed E-state index contributed by atoms with van der Waals surface area (Å²) in [5, 5.41) is 18.6. The largest absolute Gasteiger partial charge is 2.00 e. The van der Waals surface area contributed by atoms with Crippen LogP contribution >= 0.6 is 0 Å². The summed E-state index contributed by atoms with van der Waals surface area (Å²) in [5.41, 5.74) is 1.35. The normalized spacial score (nSPS) is 12.9. The van der Waals surface area contributed by atoms with Gasteiger partial charge in [-0.3, -0.25) is 0 Å². The van der Waals surface area contributed by atoms with Gasteiger partial charge in [-0.05, 0) is 12.1 Å². The van der Waals surface area contributed by atoms with Crippen LogP contribution in [0.15, 0.2) is 50.7 Å². The van der Waals surface area contributed by atoms with Crippen molar-refractivity contribution in [1.29, 1.82) is 0 Å². The van der Waals surface area contributed by atoms with E-state index in [1.165, 1.54) is 6.21 Å². The van der Waals surface area contributed by atoms with E-state index in [0.29, 0.717) is 12.3 Å². The predicted octanol–water partition coefficient (Wildman–Crippen LogP) is 1.44. The molecule has 1 aromatic carbocycles. The topological polar surface area (TPSA) is 70.7 Å². The van der Waals surface area contributed by atoms with Crippen LogP contribution in [0.3, 0.4) is 0 Å².